The predicted octanol–water partition coefficient (Wildman–Crippen LogP) is 4.11. The first-order valence-electron chi connectivity index (χ1n) is 12.6. The van der Waals surface area contributed by atoms with E-state index >= 15 is 0 Å². The molecule has 0 saturated carbocycles. The molecule has 0 aliphatic carbocycles. The van der Waals surface area contributed by atoms with Crippen molar-refractivity contribution in [2.75, 3.05) is 6.61 Å². The third kappa shape index (κ3) is 23.5. The molecule has 176 valence electrons. The first-order valence-corrected chi connectivity index (χ1v) is 14.0. The van der Waals surface area contributed by atoms with Gasteiger partial charge in [-0.2, -0.15) is 0 Å². The first-order chi connectivity index (χ1) is 14.0. The van der Waals surface area contributed by atoms with Crippen LogP contribution in [0.15, 0.2) is 0 Å². The minimum Gasteiger partial charge on any atom is -0.748 e. The zero-order valence-electron chi connectivity index (χ0n) is 20.2. The maximum atomic E-state index is 11.4. The number of hydrogen-bond donors (Lipinski definition) is 1. The second-order valence-corrected chi connectivity index (χ2v) is 10.4. The number of unbranched alkanes of at least 4 members (excludes halogenated alkanes) is 17. The standard InChI is InChI=1S/C24H50O4S.Na/c1-2-3-18-21-24(29(26,27)28)22-19-16-14-12-10-8-6-4-5-7-9-11-13-15-17-20-23-25;/h24-25H,2-23H2,1H3,(H,26,27,28);/q;+1/p-1. The monoisotopic (exact) mass is 456 g/mol. The Hall–Kier alpha value is 0.870. The molecular formula is C24H49NaO4S. The van der Waals surface area contributed by atoms with Crippen molar-refractivity contribution in [3.05, 3.63) is 0 Å². The van der Waals surface area contributed by atoms with Gasteiger partial charge in [0.1, 0.15) is 0 Å². The average molecular weight is 457 g/mol. The van der Waals surface area contributed by atoms with E-state index in [1.165, 1.54) is 77.0 Å². The van der Waals surface area contributed by atoms with Crippen molar-refractivity contribution in [3.63, 3.8) is 0 Å². The van der Waals surface area contributed by atoms with Crippen LogP contribution in [-0.4, -0.2) is 29.9 Å². The van der Waals surface area contributed by atoms with Gasteiger partial charge in [0.05, 0.1) is 10.1 Å². The molecule has 0 saturated heterocycles. The summed E-state index contributed by atoms with van der Waals surface area (Å²) in [5.41, 5.74) is 0. The van der Waals surface area contributed by atoms with Crippen molar-refractivity contribution in [2.24, 2.45) is 0 Å². The fourth-order valence-corrected chi connectivity index (χ4v) is 4.92. The van der Waals surface area contributed by atoms with Crippen molar-refractivity contribution in [1.82, 2.24) is 0 Å². The van der Waals surface area contributed by atoms with E-state index in [-0.39, 0.29) is 29.6 Å². The van der Waals surface area contributed by atoms with E-state index in [2.05, 4.69) is 6.92 Å². The molecular weight excluding hydrogens is 407 g/mol. The molecule has 0 aromatic carbocycles. The maximum Gasteiger partial charge on any atom is 1.00 e. The Bertz CT molecular complexity index is 429. The molecule has 4 nitrogen and oxygen atoms in total. The van der Waals surface area contributed by atoms with Crippen LogP contribution in [0.5, 0.6) is 0 Å². The zero-order valence-corrected chi connectivity index (χ0v) is 23.0. The van der Waals surface area contributed by atoms with Crippen LogP contribution in [0.3, 0.4) is 0 Å². The Kier molecular flexibility index (Phi) is 27.0. The van der Waals surface area contributed by atoms with Gasteiger partial charge in [0.2, 0.25) is 0 Å². The summed E-state index contributed by atoms with van der Waals surface area (Å²) in [6, 6.07) is 0. The van der Waals surface area contributed by atoms with E-state index in [4.69, 9.17) is 5.11 Å². The molecule has 6 heteroatoms. The Morgan fingerprint density at radius 2 is 0.900 bits per heavy atom. The normalized spacial score (nSPS) is 12.6. The van der Waals surface area contributed by atoms with Crippen LogP contribution in [0.4, 0.5) is 0 Å². The molecule has 30 heavy (non-hydrogen) atoms. The van der Waals surface area contributed by atoms with Crippen LogP contribution < -0.4 is 29.6 Å². The summed E-state index contributed by atoms with van der Waals surface area (Å²) >= 11 is 0. The number of aliphatic hydroxyl groups is 1. The minimum atomic E-state index is -4.13. The predicted molar refractivity (Wildman–Crippen MR) is 123 cm³/mol. The smallest absolute Gasteiger partial charge is 0.748 e. The van der Waals surface area contributed by atoms with Gasteiger partial charge < -0.3 is 9.66 Å². The minimum absolute atomic E-state index is 0. The number of hydrogen-bond acceptors (Lipinski definition) is 4. The molecule has 0 radical (unpaired) electrons. The van der Waals surface area contributed by atoms with Crippen molar-refractivity contribution >= 4 is 10.1 Å². The third-order valence-corrected chi connectivity index (χ3v) is 7.26. The molecule has 0 fully saturated rings. The van der Waals surface area contributed by atoms with Crippen molar-refractivity contribution in [3.8, 4) is 0 Å². The molecule has 0 aromatic heterocycles. The molecule has 1 atom stereocenters. The van der Waals surface area contributed by atoms with E-state index in [1.54, 1.807) is 0 Å². The Morgan fingerprint density at radius 3 is 1.20 bits per heavy atom. The van der Waals surface area contributed by atoms with Crippen LogP contribution in [0.2, 0.25) is 0 Å². The van der Waals surface area contributed by atoms with E-state index in [0.29, 0.717) is 19.4 Å². The molecule has 1 unspecified atom stereocenters. The van der Waals surface area contributed by atoms with Gasteiger partial charge in [-0.15, -0.1) is 0 Å². The van der Waals surface area contributed by atoms with E-state index in [9.17, 15) is 13.0 Å². The van der Waals surface area contributed by atoms with Crippen molar-refractivity contribution in [2.45, 2.75) is 147 Å². The van der Waals surface area contributed by atoms with Crippen LogP contribution in [0, 0.1) is 0 Å². The molecule has 0 aromatic rings. The molecule has 0 aliphatic heterocycles. The van der Waals surface area contributed by atoms with Gasteiger partial charge in [-0.3, -0.25) is 0 Å². The van der Waals surface area contributed by atoms with Crippen LogP contribution in [-0.2, 0) is 10.1 Å². The van der Waals surface area contributed by atoms with E-state index < -0.39 is 15.4 Å². The molecule has 0 amide bonds. The maximum absolute atomic E-state index is 11.4. The summed E-state index contributed by atoms with van der Waals surface area (Å²) < 4.78 is 34.1. The number of aliphatic hydroxyl groups excluding tert-OH is 1. The zero-order chi connectivity index (χ0) is 21.6. The quantitative estimate of drug-likeness (QED) is 0.143. The Balaban J connectivity index is 0. The first kappa shape index (κ1) is 33.0. The fraction of sp³-hybridized carbons (Fsp3) is 1.00. The summed E-state index contributed by atoms with van der Waals surface area (Å²) in [5, 5.41) is 8.07. The van der Waals surface area contributed by atoms with Gasteiger partial charge in [-0.1, -0.05) is 122 Å². The van der Waals surface area contributed by atoms with Gasteiger partial charge in [0, 0.05) is 11.9 Å². The van der Waals surface area contributed by atoms with Gasteiger partial charge in [0.15, 0.2) is 0 Å². The molecule has 0 spiro atoms. The Morgan fingerprint density at radius 1 is 0.600 bits per heavy atom. The SMILES string of the molecule is CCCCCC(CCCCCCCCCCCCCCCCCCO)S(=O)(=O)[O-].[Na+]. The molecule has 0 aliphatic rings. The van der Waals surface area contributed by atoms with E-state index in [0.717, 1.165) is 44.9 Å². The molecule has 0 heterocycles. The summed E-state index contributed by atoms with van der Waals surface area (Å²) in [7, 11) is -4.13. The van der Waals surface area contributed by atoms with Crippen LogP contribution >= 0.6 is 0 Å². The van der Waals surface area contributed by atoms with Crippen LogP contribution in [0.1, 0.15) is 142 Å². The summed E-state index contributed by atoms with van der Waals surface area (Å²) in [6.45, 7) is 2.43. The summed E-state index contributed by atoms with van der Waals surface area (Å²) in [4.78, 5) is 0. The second kappa shape index (κ2) is 24.5. The number of rotatable bonds is 23. The topological polar surface area (TPSA) is 77.4 Å². The average Bonchev–Trinajstić information content (AvgIpc) is 2.68. The van der Waals surface area contributed by atoms with Gasteiger partial charge in [-0.25, -0.2) is 8.42 Å². The molecule has 1 N–H and O–H groups in total. The van der Waals surface area contributed by atoms with Crippen molar-refractivity contribution < 1.29 is 47.6 Å². The molecule has 0 rings (SSSR count). The van der Waals surface area contributed by atoms with Gasteiger partial charge in [0.25, 0.3) is 0 Å². The second-order valence-electron chi connectivity index (χ2n) is 8.78. The van der Waals surface area contributed by atoms with Crippen LogP contribution in [0.25, 0.3) is 0 Å². The van der Waals surface area contributed by atoms with E-state index in [1.807, 2.05) is 0 Å². The van der Waals surface area contributed by atoms with Crippen molar-refractivity contribution in [1.29, 1.82) is 0 Å². The Labute approximate surface area is 210 Å². The van der Waals surface area contributed by atoms with Gasteiger partial charge in [-0.05, 0) is 19.3 Å². The largest absolute Gasteiger partial charge is 1.00 e. The van der Waals surface area contributed by atoms with Gasteiger partial charge >= 0.3 is 29.6 Å². The molecule has 0 bridgehead atoms. The third-order valence-electron chi connectivity index (χ3n) is 5.97. The fourth-order valence-electron chi connectivity index (χ4n) is 4.01. The summed E-state index contributed by atoms with van der Waals surface area (Å²) in [5.74, 6) is 0. The summed E-state index contributed by atoms with van der Waals surface area (Å²) in [6.07, 6.45) is 23.8.